The average Bonchev–Trinajstić information content (AvgIpc) is 2.49. The first kappa shape index (κ1) is 17.0. The van der Waals surface area contributed by atoms with Crippen molar-refractivity contribution in [3.8, 4) is 5.75 Å². The molecule has 0 saturated heterocycles. The quantitative estimate of drug-likeness (QED) is 0.367. The van der Waals surface area contributed by atoms with Crippen molar-refractivity contribution in [2.75, 3.05) is 0 Å². The third kappa shape index (κ3) is 4.57. The minimum Gasteiger partial charge on any atom is -0.478 e. The summed E-state index contributed by atoms with van der Waals surface area (Å²) in [5.74, 6) is -0.738. The summed E-state index contributed by atoms with van der Waals surface area (Å²) in [6.45, 7) is 0.111. The van der Waals surface area contributed by atoms with Gasteiger partial charge in [-0.3, -0.25) is 0 Å². The number of carboxylic acids is 1. The van der Waals surface area contributed by atoms with E-state index in [1.54, 1.807) is 0 Å². The Bertz CT molecular complexity index is 677. The number of carbonyl (C=O) groups is 2. The zero-order chi connectivity index (χ0) is 16.1. The zero-order valence-corrected chi connectivity index (χ0v) is 15.4. The van der Waals surface area contributed by atoms with Crippen molar-refractivity contribution in [2.45, 2.75) is 6.61 Å². The van der Waals surface area contributed by atoms with Gasteiger partial charge in [0.15, 0.2) is 5.75 Å². The topological polar surface area (TPSA) is 72.8 Å². The first-order valence-corrected chi connectivity index (χ1v) is 8.24. The van der Waals surface area contributed by atoms with Crippen molar-refractivity contribution in [3.05, 3.63) is 60.7 Å². The van der Waals surface area contributed by atoms with Crippen molar-refractivity contribution in [2.24, 2.45) is 0 Å². The molecule has 0 amide bonds. The highest BCUT2D eigenvalue weighted by Crippen LogP contribution is 2.29. The molecule has 0 heterocycles. The summed E-state index contributed by atoms with van der Waals surface area (Å²) in [5, 5.41) is 8.98. The minimum absolute atomic E-state index is 0.111. The van der Waals surface area contributed by atoms with Gasteiger partial charge in [0.1, 0.15) is 6.61 Å². The summed E-state index contributed by atoms with van der Waals surface area (Å²) in [5.41, 5.74) is 0.990. The van der Waals surface area contributed by atoms with E-state index in [0.717, 1.165) is 5.56 Å². The van der Waals surface area contributed by atoms with E-state index < -0.39 is 12.1 Å². The highest BCUT2D eigenvalue weighted by atomic mass is 127. The van der Waals surface area contributed by atoms with E-state index in [1.807, 2.05) is 75.5 Å². The molecule has 1 N–H and O–H groups in total. The molecular formula is C15H10I2O5. The Hall–Kier alpha value is -1.36. The largest absolute Gasteiger partial charge is 0.514 e. The summed E-state index contributed by atoms with van der Waals surface area (Å²) >= 11 is 3.83. The molecule has 0 spiro atoms. The minimum atomic E-state index is -1.03. The van der Waals surface area contributed by atoms with Crippen LogP contribution >= 0.6 is 45.2 Å². The van der Waals surface area contributed by atoms with Crippen LogP contribution in [0.1, 0.15) is 15.9 Å². The maximum absolute atomic E-state index is 11.7. The third-order valence-corrected chi connectivity index (χ3v) is 4.23. The Morgan fingerprint density at radius 3 is 2.18 bits per heavy atom. The number of rotatable bonds is 4. The van der Waals surface area contributed by atoms with Crippen LogP contribution in [0.2, 0.25) is 0 Å². The summed E-state index contributed by atoms with van der Waals surface area (Å²) in [7, 11) is 0. The molecule has 0 aliphatic heterocycles. The van der Waals surface area contributed by atoms with Gasteiger partial charge in [0.2, 0.25) is 0 Å². The summed E-state index contributed by atoms with van der Waals surface area (Å²) in [6.07, 6.45) is -0.831. The maximum Gasteiger partial charge on any atom is 0.514 e. The van der Waals surface area contributed by atoms with Crippen LogP contribution in [0.5, 0.6) is 5.75 Å². The molecule has 0 aromatic heterocycles. The van der Waals surface area contributed by atoms with Crippen LogP contribution in [0.15, 0.2) is 42.5 Å². The Labute approximate surface area is 153 Å². The Kier molecular flexibility index (Phi) is 6.00. The van der Waals surface area contributed by atoms with Gasteiger partial charge in [-0.15, -0.1) is 0 Å². The molecule has 0 saturated carbocycles. The van der Waals surface area contributed by atoms with Gasteiger partial charge in [0.05, 0.1) is 12.7 Å². The van der Waals surface area contributed by atoms with Gasteiger partial charge in [-0.25, -0.2) is 9.59 Å². The molecule has 0 atom stereocenters. The lowest BCUT2D eigenvalue weighted by Crippen LogP contribution is -2.12. The van der Waals surface area contributed by atoms with E-state index in [9.17, 15) is 9.59 Å². The number of ether oxygens (including phenoxy) is 2. The van der Waals surface area contributed by atoms with Crippen LogP contribution in [0, 0.1) is 7.14 Å². The summed E-state index contributed by atoms with van der Waals surface area (Å²) in [4.78, 5) is 22.7. The van der Waals surface area contributed by atoms with Crippen molar-refractivity contribution >= 4 is 57.3 Å². The normalized spacial score (nSPS) is 10.1. The Balaban J connectivity index is 2.04. The van der Waals surface area contributed by atoms with E-state index in [-0.39, 0.29) is 12.2 Å². The second-order valence-corrected chi connectivity index (χ2v) is 6.52. The highest BCUT2D eigenvalue weighted by molar-refractivity contribution is 14.1. The molecule has 0 aliphatic rings. The van der Waals surface area contributed by atoms with E-state index in [4.69, 9.17) is 14.6 Å². The van der Waals surface area contributed by atoms with Crippen molar-refractivity contribution in [1.82, 2.24) is 0 Å². The van der Waals surface area contributed by atoms with Gasteiger partial charge in [0, 0.05) is 0 Å². The van der Waals surface area contributed by atoms with Crippen LogP contribution in [-0.4, -0.2) is 17.2 Å². The van der Waals surface area contributed by atoms with Gasteiger partial charge in [-0.05, 0) is 62.9 Å². The van der Waals surface area contributed by atoms with Crippen LogP contribution in [-0.2, 0) is 11.3 Å². The Morgan fingerprint density at radius 1 is 1.05 bits per heavy atom. The molecule has 7 heteroatoms. The van der Waals surface area contributed by atoms with Gasteiger partial charge in [-0.1, -0.05) is 30.3 Å². The van der Waals surface area contributed by atoms with Crippen molar-refractivity contribution in [3.63, 3.8) is 0 Å². The maximum atomic E-state index is 11.7. The lowest BCUT2D eigenvalue weighted by molar-refractivity contribution is 0.0696. The molecular weight excluding hydrogens is 514 g/mol. The molecule has 2 aromatic rings. The molecule has 0 fully saturated rings. The number of carboxylic acid groups (broad SMARTS) is 1. The standard InChI is InChI=1S/C15H10I2O5/c16-11-6-10(14(18)19)7-12(17)13(11)22-15(20)21-8-9-4-2-1-3-5-9/h1-7H,8H2,(H,18,19). The molecule has 22 heavy (non-hydrogen) atoms. The SMILES string of the molecule is O=C(OCc1ccccc1)Oc1c(I)cc(C(=O)O)cc1I. The third-order valence-electron chi connectivity index (χ3n) is 2.63. The molecule has 2 rings (SSSR count). The number of hydrogen-bond donors (Lipinski definition) is 1. The van der Waals surface area contributed by atoms with Crippen LogP contribution in [0.25, 0.3) is 0 Å². The number of hydrogen-bond acceptors (Lipinski definition) is 4. The monoisotopic (exact) mass is 524 g/mol. The number of benzene rings is 2. The smallest absolute Gasteiger partial charge is 0.478 e. The fourth-order valence-electron chi connectivity index (χ4n) is 1.61. The van der Waals surface area contributed by atoms with Crippen LogP contribution in [0.3, 0.4) is 0 Å². The molecule has 0 bridgehead atoms. The van der Waals surface area contributed by atoms with Gasteiger partial charge < -0.3 is 14.6 Å². The zero-order valence-electron chi connectivity index (χ0n) is 11.1. The molecule has 0 unspecified atom stereocenters. The second-order valence-electron chi connectivity index (χ2n) is 4.20. The predicted octanol–water partition coefficient (Wildman–Crippen LogP) is 4.31. The van der Waals surface area contributed by atoms with Gasteiger partial charge in [0.25, 0.3) is 0 Å². The van der Waals surface area contributed by atoms with Gasteiger partial charge in [-0.2, -0.15) is 0 Å². The molecule has 0 aliphatic carbocycles. The number of carbonyl (C=O) groups excluding carboxylic acids is 1. The van der Waals surface area contributed by atoms with Crippen LogP contribution < -0.4 is 4.74 Å². The molecule has 0 radical (unpaired) electrons. The summed E-state index contributed by atoms with van der Waals surface area (Å²) in [6, 6.07) is 12.1. The fraction of sp³-hybridized carbons (Fsp3) is 0.0667. The molecule has 5 nitrogen and oxygen atoms in total. The van der Waals surface area contributed by atoms with E-state index >= 15 is 0 Å². The number of aromatic carboxylic acids is 1. The Morgan fingerprint density at radius 2 is 1.64 bits per heavy atom. The highest BCUT2D eigenvalue weighted by Gasteiger charge is 2.16. The van der Waals surface area contributed by atoms with E-state index in [1.165, 1.54) is 12.1 Å². The average molecular weight is 524 g/mol. The van der Waals surface area contributed by atoms with Gasteiger partial charge >= 0.3 is 12.1 Å². The first-order chi connectivity index (χ1) is 10.5. The summed E-state index contributed by atoms with van der Waals surface area (Å²) < 4.78 is 11.3. The first-order valence-electron chi connectivity index (χ1n) is 6.08. The lowest BCUT2D eigenvalue weighted by atomic mass is 10.2. The molecule has 114 valence electrons. The molecule has 2 aromatic carbocycles. The number of halogens is 2. The predicted molar refractivity (Wildman–Crippen MR) is 96.1 cm³/mol. The van der Waals surface area contributed by atoms with Crippen molar-refractivity contribution in [1.29, 1.82) is 0 Å². The lowest BCUT2D eigenvalue weighted by Gasteiger charge is -2.10. The fourth-order valence-corrected chi connectivity index (χ4v) is 3.60. The van der Waals surface area contributed by atoms with Crippen LogP contribution in [0.4, 0.5) is 4.79 Å². The van der Waals surface area contributed by atoms with E-state index in [2.05, 4.69) is 0 Å². The second kappa shape index (κ2) is 7.77. The van der Waals surface area contributed by atoms with Crippen molar-refractivity contribution < 1.29 is 24.2 Å². The van der Waals surface area contributed by atoms with E-state index in [0.29, 0.717) is 12.9 Å².